The lowest BCUT2D eigenvalue weighted by atomic mass is 10.1. The Morgan fingerprint density at radius 2 is 1.95 bits per heavy atom. The maximum Gasteiger partial charge on any atom is 0.0858 e. The molecular formula is C16H16N4. The van der Waals surface area contributed by atoms with Crippen LogP contribution < -0.4 is 0 Å². The smallest absolute Gasteiger partial charge is 0.0858 e. The molecule has 4 nitrogen and oxygen atoms in total. The van der Waals surface area contributed by atoms with Gasteiger partial charge in [-0.1, -0.05) is 13.0 Å². The van der Waals surface area contributed by atoms with Gasteiger partial charge in [0.05, 0.1) is 17.6 Å². The van der Waals surface area contributed by atoms with Gasteiger partial charge in [0.15, 0.2) is 0 Å². The third-order valence-corrected chi connectivity index (χ3v) is 3.36. The molecule has 0 aliphatic rings. The lowest BCUT2D eigenvalue weighted by molar-refractivity contribution is 0.831. The van der Waals surface area contributed by atoms with E-state index in [1.54, 1.807) is 12.4 Å². The van der Waals surface area contributed by atoms with Gasteiger partial charge in [-0.25, -0.2) is 4.68 Å². The summed E-state index contributed by atoms with van der Waals surface area (Å²) in [5, 5.41) is 4.69. The van der Waals surface area contributed by atoms with Crippen molar-refractivity contribution in [2.45, 2.75) is 20.3 Å². The molecule has 3 aromatic rings. The second-order valence-electron chi connectivity index (χ2n) is 4.69. The fourth-order valence-electron chi connectivity index (χ4n) is 2.25. The molecule has 3 rings (SSSR count). The second-order valence-corrected chi connectivity index (χ2v) is 4.69. The van der Waals surface area contributed by atoms with E-state index in [0.717, 1.165) is 34.5 Å². The zero-order chi connectivity index (χ0) is 13.9. The van der Waals surface area contributed by atoms with Gasteiger partial charge >= 0.3 is 0 Å². The molecule has 0 saturated carbocycles. The van der Waals surface area contributed by atoms with Crippen LogP contribution in [0.4, 0.5) is 0 Å². The highest BCUT2D eigenvalue weighted by atomic mass is 15.3. The van der Waals surface area contributed by atoms with Gasteiger partial charge in [0.2, 0.25) is 0 Å². The Labute approximate surface area is 118 Å². The normalized spacial score (nSPS) is 10.7. The SMILES string of the molecule is CCc1nn(-c2cnccc2C)cc1-c1cccnc1. The van der Waals surface area contributed by atoms with E-state index in [2.05, 4.69) is 41.2 Å². The lowest BCUT2D eigenvalue weighted by Crippen LogP contribution is -1.98. The van der Waals surface area contributed by atoms with Crippen molar-refractivity contribution < 1.29 is 0 Å². The molecule has 0 aromatic carbocycles. The molecule has 0 unspecified atom stereocenters. The van der Waals surface area contributed by atoms with Crippen LogP contribution in [-0.4, -0.2) is 19.7 Å². The molecule has 0 atom stereocenters. The Bertz CT molecular complexity index is 716. The van der Waals surface area contributed by atoms with Crippen molar-refractivity contribution in [2.75, 3.05) is 0 Å². The van der Waals surface area contributed by atoms with Crippen molar-refractivity contribution >= 4 is 0 Å². The fraction of sp³-hybridized carbons (Fsp3) is 0.188. The summed E-state index contributed by atoms with van der Waals surface area (Å²) in [6.45, 7) is 4.18. The summed E-state index contributed by atoms with van der Waals surface area (Å²) in [6.07, 6.45) is 10.2. The summed E-state index contributed by atoms with van der Waals surface area (Å²) >= 11 is 0. The van der Waals surface area contributed by atoms with Crippen LogP contribution in [-0.2, 0) is 6.42 Å². The molecular weight excluding hydrogens is 248 g/mol. The Morgan fingerprint density at radius 3 is 2.65 bits per heavy atom. The molecule has 0 aliphatic heterocycles. The van der Waals surface area contributed by atoms with Crippen LogP contribution in [0, 0.1) is 6.92 Å². The molecule has 3 aromatic heterocycles. The van der Waals surface area contributed by atoms with E-state index in [1.165, 1.54) is 0 Å². The summed E-state index contributed by atoms with van der Waals surface area (Å²) in [5.74, 6) is 0. The number of hydrogen-bond acceptors (Lipinski definition) is 3. The van der Waals surface area contributed by atoms with Gasteiger partial charge in [-0.15, -0.1) is 0 Å². The summed E-state index contributed by atoms with van der Waals surface area (Å²) in [7, 11) is 0. The average molecular weight is 264 g/mol. The van der Waals surface area contributed by atoms with Crippen LogP contribution in [0.3, 0.4) is 0 Å². The van der Waals surface area contributed by atoms with Crippen LogP contribution in [0.1, 0.15) is 18.2 Å². The van der Waals surface area contributed by atoms with Crippen LogP contribution >= 0.6 is 0 Å². The van der Waals surface area contributed by atoms with Gasteiger partial charge in [-0.3, -0.25) is 9.97 Å². The first kappa shape index (κ1) is 12.5. The monoisotopic (exact) mass is 264 g/mol. The Kier molecular flexibility index (Phi) is 3.29. The highest BCUT2D eigenvalue weighted by Gasteiger charge is 2.11. The minimum atomic E-state index is 0.885. The van der Waals surface area contributed by atoms with Crippen LogP contribution in [0.25, 0.3) is 16.8 Å². The zero-order valence-corrected chi connectivity index (χ0v) is 11.6. The maximum atomic E-state index is 4.69. The molecule has 0 amide bonds. The molecule has 100 valence electrons. The average Bonchev–Trinajstić information content (AvgIpc) is 2.92. The van der Waals surface area contributed by atoms with Gasteiger partial charge in [0.1, 0.15) is 0 Å². The number of pyridine rings is 2. The first-order chi connectivity index (χ1) is 9.79. The largest absolute Gasteiger partial charge is 0.264 e. The van der Waals surface area contributed by atoms with Crippen molar-refractivity contribution in [3.05, 3.63) is 60.4 Å². The van der Waals surface area contributed by atoms with Gasteiger partial charge in [0.25, 0.3) is 0 Å². The van der Waals surface area contributed by atoms with E-state index in [0.29, 0.717) is 0 Å². The first-order valence-corrected chi connectivity index (χ1v) is 6.69. The Balaban J connectivity index is 2.13. The molecule has 0 bridgehead atoms. The predicted molar refractivity (Wildman–Crippen MR) is 78.7 cm³/mol. The Hall–Kier alpha value is -2.49. The summed E-state index contributed by atoms with van der Waals surface area (Å²) in [4.78, 5) is 8.37. The fourth-order valence-corrected chi connectivity index (χ4v) is 2.25. The van der Waals surface area contributed by atoms with Gasteiger partial charge < -0.3 is 0 Å². The van der Waals surface area contributed by atoms with Crippen molar-refractivity contribution in [3.8, 4) is 16.8 Å². The number of aryl methyl sites for hydroxylation is 2. The standard InChI is InChI=1S/C16H16N4/c1-3-15-14(13-5-4-7-17-9-13)11-20(19-15)16-10-18-8-6-12(16)2/h4-11H,3H2,1-2H3. The topological polar surface area (TPSA) is 43.6 Å². The van der Waals surface area contributed by atoms with E-state index < -0.39 is 0 Å². The molecule has 0 fully saturated rings. The maximum absolute atomic E-state index is 4.69. The van der Waals surface area contributed by atoms with Crippen molar-refractivity contribution in [1.29, 1.82) is 0 Å². The minimum Gasteiger partial charge on any atom is -0.264 e. The number of rotatable bonds is 3. The molecule has 0 spiro atoms. The van der Waals surface area contributed by atoms with Crippen LogP contribution in [0.15, 0.2) is 49.2 Å². The van der Waals surface area contributed by atoms with Crippen LogP contribution in [0.5, 0.6) is 0 Å². The quantitative estimate of drug-likeness (QED) is 0.729. The molecule has 0 radical (unpaired) electrons. The molecule has 3 heterocycles. The molecule has 20 heavy (non-hydrogen) atoms. The third kappa shape index (κ3) is 2.20. The van der Waals surface area contributed by atoms with Gasteiger partial charge in [0, 0.05) is 35.9 Å². The highest BCUT2D eigenvalue weighted by molar-refractivity contribution is 5.65. The third-order valence-electron chi connectivity index (χ3n) is 3.36. The summed E-state index contributed by atoms with van der Waals surface area (Å²) in [6, 6.07) is 6.00. The predicted octanol–water partition coefficient (Wildman–Crippen LogP) is 3.20. The van der Waals surface area contributed by atoms with Crippen molar-refractivity contribution in [1.82, 2.24) is 19.7 Å². The minimum absolute atomic E-state index is 0.885. The van der Waals surface area contributed by atoms with E-state index in [4.69, 9.17) is 0 Å². The highest BCUT2D eigenvalue weighted by Crippen LogP contribution is 2.24. The van der Waals surface area contributed by atoms with E-state index in [-0.39, 0.29) is 0 Å². The number of hydrogen-bond donors (Lipinski definition) is 0. The van der Waals surface area contributed by atoms with Gasteiger partial charge in [-0.2, -0.15) is 5.10 Å². The van der Waals surface area contributed by atoms with Crippen molar-refractivity contribution in [2.24, 2.45) is 0 Å². The molecule has 0 aliphatic carbocycles. The van der Waals surface area contributed by atoms with E-state index in [1.807, 2.05) is 29.2 Å². The number of nitrogens with zero attached hydrogens (tertiary/aromatic N) is 4. The van der Waals surface area contributed by atoms with Crippen LogP contribution in [0.2, 0.25) is 0 Å². The second kappa shape index (κ2) is 5.25. The Morgan fingerprint density at radius 1 is 1.10 bits per heavy atom. The first-order valence-electron chi connectivity index (χ1n) is 6.69. The summed E-state index contributed by atoms with van der Waals surface area (Å²) in [5.41, 5.74) is 5.46. The van der Waals surface area contributed by atoms with E-state index >= 15 is 0 Å². The summed E-state index contributed by atoms with van der Waals surface area (Å²) < 4.78 is 1.91. The molecule has 4 heteroatoms. The molecule has 0 N–H and O–H groups in total. The zero-order valence-electron chi connectivity index (χ0n) is 11.6. The lowest BCUT2D eigenvalue weighted by Gasteiger charge is -2.03. The van der Waals surface area contributed by atoms with Gasteiger partial charge in [-0.05, 0) is 31.0 Å². The number of aromatic nitrogens is 4. The van der Waals surface area contributed by atoms with E-state index in [9.17, 15) is 0 Å². The molecule has 0 saturated heterocycles. The van der Waals surface area contributed by atoms with Crippen molar-refractivity contribution in [3.63, 3.8) is 0 Å².